The summed E-state index contributed by atoms with van der Waals surface area (Å²) >= 11 is 0. The van der Waals surface area contributed by atoms with E-state index in [4.69, 9.17) is 0 Å². The van der Waals surface area contributed by atoms with Crippen molar-refractivity contribution in [2.45, 2.75) is 44.6 Å². The normalized spacial score (nSPS) is 33.9. The summed E-state index contributed by atoms with van der Waals surface area (Å²) in [5.74, 6) is 1.83. The van der Waals surface area contributed by atoms with Crippen LogP contribution in [0.4, 0.5) is 0 Å². The quantitative estimate of drug-likeness (QED) is 0.839. The predicted molar refractivity (Wildman–Crippen MR) is 81.7 cm³/mol. The Hall–Kier alpha value is -1.15. The van der Waals surface area contributed by atoms with Gasteiger partial charge >= 0.3 is 0 Å². The highest BCUT2D eigenvalue weighted by atomic mass is 16.1. The molecule has 4 atom stereocenters. The maximum absolute atomic E-state index is 12.6. The van der Waals surface area contributed by atoms with Crippen LogP contribution in [0, 0.1) is 11.8 Å². The van der Waals surface area contributed by atoms with Gasteiger partial charge in [0.15, 0.2) is 0 Å². The molecule has 2 aliphatic heterocycles. The number of Topliss-reactive ketones (excluding diaryl/α,β-unsaturated/α-hetero) is 1. The van der Waals surface area contributed by atoms with E-state index in [0.717, 1.165) is 5.92 Å². The fourth-order valence-electron chi connectivity index (χ4n) is 4.40. The van der Waals surface area contributed by atoms with Crippen LogP contribution in [0.15, 0.2) is 30.3 Å². The first-order chi connectivity index (χ1) is 9.70. The molecule has 3 aliphatic rings. The van der Waals surface area contributed by atoms with Crippen molar-refractivity contribution >= 4 is 5.78 Å². The molecule has 1 aromatic carbocycles. The Labute approximate surface area is 122 Å². The molecule has 0 aromatic heterocycles. The molecule has 2 nitrogen and oxygen atoms in total. The van der Waals surface area contributed by atoms with Crippen molar-refractivity contribution in [3.63, 3.8) is 0 Å². The Morgan fingerprint density at radius 2 is 2.00 bits per heavy atom. The average Bonchev–Trinajstić information content (AvgIpc) is 2.75. The second kappa shape index (κ2) is 5.69. The zero-order valence-corrected chi connectivity index (χ0v) is 12.6. The minimum absolute atomic E-state index is 0.194. The second-order valence-electron chi connectivity index (χ2n) is 6.55. The Kier molecular flexibility index (Phi) is 3.93. The minimum Gasteiger partial charge on any atom is -0.302 e. The highest BCUT2D eigenvalue weighted by molar-refractivity contribution is 5.82. The lowest BCUT2D eigenvalue weighted by Gasteiger charge is -2.37. The number of benzene rings is 1. The van der Waals surface area contributed by atoms with E-state index in [0.29, 0.717) is 24.2 Å². The van der Waals surface area contributed by atoms with Crippen molar-refractivity contribution < 1.29 is 4.79 Å². The van der Waals surface area contributed by atoms with Crippen LogP contribution in [0.2, 0.25) is 0 Å². The lowest BCUT2D eigenvalue weighted by Crippen LogP contribution is -2.45. The first-order valence-corrected chi connectivity index (χ1v) is 7.98. The highest BCUT2D eigenvalue weighted by Gasteiger charge is 2.44. The van der Waals surface area contributed by atoms with Crippen LogP contribution >= 0.6 is 0 Å². The average molecular weight is 271 g/mol. The van der Waals surface area contributed by atoms with Crippen molar-refractivity contribution in [2.24, 2.45) is 11.8 Å². The molecule has 20 heavy (non-hydrogen) atoms. The van der Waals surface area contributed by atoms with Gasteiger partial charge in [-0.2, -0.15) is 0 Å². The maximum atomic E-state index is 12.6. The first kappa shape index (κ1) is 13.8. The van der Waals surface area contributed by atoms with Gasteiger partial charge in [0.1, 0.15) is 5.78 Å². The van der Waals surface area contributed by atoms with Crippen molar-refractivity contribution in [3.8, 4) is 0 Å². The monoisotopic (exact) mass is 271 g/mol. The Bertz CT molecular complexity index is 470. The largest absolute Gasteiger partial charge is 0.302 e. The number of rotatable bonds is 3. The van der Waals surface area contributed by atoms with E-state index >= 15 is 0 Å². The molecule has 2 heterocycles. The molecule has 1 saturated carbocycles. The van der Waals surface area contributed by atoms with Gasteiger partial charge in [-0.15, -0.1) is 0 Å². The van der Waals surface area contributed by atoms with E-state index in [1.807, 2.05) is 6.92 Å². The molecule has 2 bridgehead atoms. The third kappa shape index (κ3) is 2.42. The number of carbonyl (C=O) groups excluding carboxylic acids is 1. The molecule has 3 fully saturated rings. The molecular formula is C18H25NO. The highest BCUT2D eigenvalue weighted by Crippen LogP contribution is 2.45. The molecule has 1 unspecified atom stereocenters. The van der Waals surface area contributed by atoms with Gasteiger partial charge in [0.05, 0.1) is 0 Å². The van der Waals surface area contributed by atoms with Gasteiger partial charge in [0, 0.05) is 24.9 Å². The number of carbonyl (C=O) groups is 1. The van der Waals surface area contributed by atoms with E-state index in [9.17, 15) is 4.79 Å². The minimum atomic E-state index is 0.194. The van der Waals surface area contributed by atoms with Gasteiger partial charge in [-0.05, 0) is 43.7 Å². The summed E-state index contributed by atoms with van der Waals surface area (Å²) in [4.78, 5) is 15.1. The topological polar surface area (TPSA) is 20.3 Å². The van der Waals surface area contributed by atoms with E-state index < -0.39 is 0 Å². The zero-order chi connectivity index (χ0) is 14.1. The maximum Gasteiger partial charge on any atom is 0.137 e. The molecule has 2 heteroatoms. The fraction of sp³-hybridized carbons (Fsp3) is 0.611. The van der Waals surface area contributed by atoms with Gasteiger partial charge in [-0.25, -0.2) is 0 Å². The summed E-state index contributed by atoms with van der Waals surface area (Å²) in [5.41, 5.74) is 1.37. The smallest absolute Gasteiger partial charge is 0.137 e. The third-order valence-corrected chi connectivity index (χ3v) is 5.37. The van der Waals surface area contributed by atoms with Crippen molar-refractivity contribution in [1.82, 2.24) is 4.90 Å². The van der Waals surface area contributed by atoms with E-state index in [1.165, 1.54) is 31.4 Å². The van der Waals surface area contributed by atoms with Crippen LogP contribution in [-0.2, 0) is 4.79 Å². The number of piperidine rings is 1. The summed E-state index contributed by atoms with van der Waals surface area (Å²) in [5, 5.41) is 0. The van der Waals surface area contributed by atoms with Gasteiger partial charge in [0.2, 0.25) is 0 Å². The van der Waals surface area contributed by atoms with Crippen molar-refractivity contribution in [1.29, 1.82) is 0 Å². The molecule has 4 rings (SSSR count). The molecule has 0 spiro atoms. The lowest BCUT2D eigenvalue weighted by molar-refractivity contribution is -0.125. The van der Waals surface area contributed by atoms with Gasteiger partial charge < -0.3 is 4.90 Å². The number of nitrogens with zero attached hydrogens (tertiary/aromatic N) is 1. The number of fused-ring (bicyclic) bond motifs is 4. The van der Waals surface area contributed by atoms with Crippen molar-refractivity contribution in [2.75, 3.05) is 13.6 Å². The van der Waals surface area contributed by atoms with Crippen LogP contribution in [-0.4, -0.2) is 30.3 Å². The molecule has 0 amide bonds. The SMILES string of the molecule is CCC(=O)[C@H]1C(c2ccccc2)C[C@H]2CC[C@@H]1N(C)C2. The number of hydrogen-bond acceptors (Lipinski definition) is 2. The Morgan fingerprint density at radius 1 is 1.25 bits per heavy atom. The Balaban J connectivity index is 1.99. The van der Waals surface area contributed by atoms with Crippen LogP contribution in [0.3, 0.4) is 0 Å². The third-order valence-electron chi connectivity index (χ3n) is 5.37. The van der Waals surface area contributed by atoms with Crippen LogP contribution < -0.4 is 0 Å². The van der Waals surface area contributed by atoms with Crippen LogP contribution in [0.5, 0.6) is 0 Å². The molecule has 0 radical (unpaired) electrons. The number of hydrogen-bond donors (Lipinski definition) is 0. The lowest BCUT2D eigenvalue weighted by atomic mass is 9.77. The van der Waals surface area contributed by atoms with Gasteiger partial charge in [-0.3, -0.25) is 4.79 Å². The fourth-order valence-corrected chi connectivity index (χ4v) is 4.40. The van der Waals surface area contributed by atoms with Gasteiger partial charge in [-0.1, -0.05) is 37.3 Å². The molecule has 108 valence electrons. The van der Waals surface area contributed by atoms with Crippen LogP contribution in [0.25, 0.3) is 0 Å². The summed E-state index contributed by atoms with van der Waals surface area (Å²) in [6.07, 6.45) is 4.34. The summed E-state index contributed by atoms with van der Waals surface area (Å²) in [6.45, 7) is 3.18. The summed E-state index contributed by atoms with van der Waals surface area (Å²) in [7, 11) is 2.21. The molecule has 1 aromatic rings. The molecule has 0 N–H and O–H groups in total. The molecule has 1 aliphatic carbocycles. The first-order valence-electron chi connectivity index (χ1n) is 7.98. The standard InChI is InChI=1S/C18H25NO/c1-3-17(20)18-15(14-7-5-4-6-8-14)11-13-9-10-16(18)19(2)12-13/h4-8,13,15-16,18H,3,9-12H2,1-2H3/t13-,15?,16+,18+/m1/s1. The van der Waals surface area contributed by atoms with Crippen LogP contribution in [0.1, 0.15) is 44.1 Å². The number of ketones is 1. The van der Waals surface area contributed by atoms with E-state index in [2.05, 4.69) is 42.3 Å². The van der Waals surface area contributed by atoms with E-state index in [1.54, 1.807) is 0 Å². The zero-order valence-electron chi connectivity index (χ0n) is 12.6. The van der Waals surface area contributed by atoms with Gasteiger partial charge in [0.25, 0.3) is 0 Å². The summed E-state index contributed by atoms with van der Waals surface area (Å²) in [6, 6.07) is 11.2. The second-order valence-corrected chi connectivity index (χ2v) is 6.55. The van der Waals surface area contributed by atoms with Crippen molar-refractivity contribution in [3.05, 3.63) is 35.9 Å². The predicted octanol–water partition coefficient (Wildman–Crippen LogP) is 3.48. The summed E-state index contributed by atoms with van der Waals surface area (Å²) < 4.78 is 0. The Morgan fingerprint density at radius 3 is 2.65 bits per heavy atom. The molecular weight excluding hydrogens is 246 g/mol. The molecule has 2 saturated heterocycles. The van der Waals surface area contributed by atoms with E-state index in [-0.39, 0.29) is 5.92 Å².